The smallest absolute Gasteiger partial charge is 0.407 e. The highest BCUT2D eigenvalue weighted by atomic mass is 19.1. The minimum atomic E-state index is -0.639. The van der Waals surface area contributed by atoms with E-state index in [1.807, 2.05) is 13.0 Å². The van der Waals surface area contributed by atoms with Crippen LogP contribution in [0.15, 0.2) is 42.5 Å². The van der Waals surface area contributed by atoms with Crippen molar-refractivity contribution in [2.45, 2.75) is 19.9 Å². The van der Waals surface area contributed by atoms with Gasteiger partial charge in [0.1, 0.15) is 12.4 Å². The molecule has 110 valence electrons. The molecule has 1 aromatic carbocycles. The van der Waals surface area contributed by atoms with Crippen LogP contribution in [0.3, 0.4) is 0 Å². The third kappa shape index (κ3) is 5.49. The van der Waals surface area contributed by atoms with Crippen molar-refractivity contribution in [3.05, 3.63) is 59.4 Å². The first-order valence-corrected chi connectivity index (χ1v) is 6.50. The summed E-state index contributed by atoms with van der Waals surface area (Å²) < 4.78 is 18.5. The molecule has 0 saturated heterocycles. The SMILES string of the molecule is C=C/C=C(\CC)COC(=O)NCc1cc(C#N)ccc1F. The maximum absolute atomic E-state index is 13.5. The van der Waals surface area contributed by atoms with E-state index in [0.717, 1.165) is 12.0 Å². The predicted octanol–water partition coefficient (Wildman–Crippen LogP) is 3.45. The number of benzene rings is 1. The van der Waals surface area contributed by atoms with E-state index in [-0.39, 0.29) is 18.7 Å². The van der Waals surface area contributed by atoms with Gasteiger partial charge in [0, 0.05) is 12.1 Å². The number of carbonyl (C=O) groups is 1. The van der Waals surface area contributed by atoms with Crippen LogP contribution in [-0.2, 0) is 11.3 Å². The quantitative estimate of drug-likeness (QED) is 0.815. The zero-order valence-electron chi connectivity index (χ0n) is 11.9. The average molecular weight is 288 g/mol. The van der Waals surface area contributed by atoms with Gasteiger partial charge in [-0.2, -0.15) is 5.26 Å². The molecule has 0 radical (unpaired) electrons. The largest absolute Gasteiger partial charge is 0.445 e. The van der Waals surface area contributed by atoms with Crippen molar-refractivity contribution in [3.8, 4) is 6.07 Å². The van der Waals surface area contributed by atoms with Crippen LogP contribution in [0.2, 0.25) is 0 Å². The number of hydrogen-bond donors (Lipinski definition) is 1. The Morgan fingerprint density at radius 3 is 2.95 bits per heavy atom. The minimum absolute atomic E-state index is 0.0349. The highest BCUT2D eigenvalue weighted by molar-refractivity contribution is 5.67. The summed E-state index contributed by atoms with van der Waals surface area (Å²) in [6, 6.07) is 5.89. The third-order valence-corrected chi connectivity index (χ3v) is 2.79. The molecule has 0 aromatic heterocycles. The minimum Gasteiger partial charge on any atom is -0.445 e. The Hall–Kier alpha value is -2.61. The lowest BCUT2D eigenvalue weighted by Crippen LogP contribution is -2.25. The summed E-state index contributed by atoms with van der Waals surface area (Å²) in [7, 11) is 0. The van der Waals surface area contributed by atoms with Gasteiger partial charge in [-0.1, -0.05) is 25.7 Å². The summed E-state index contributed by atoms with van der Waals surface area (Å²) in [6.45, 7) is 5.65. The summed E-state index contributed by atoms with van der Waals surface area (Å²) >= 11 is 0. The highest BCUT2D eigenvalue weighted by Crippen LogP contribution is 2.10. The number of nitrogens with one attached hydrogen (secondary N) is 1. The van der Waals surface area contributed by atoms with Crippen molar-refractivity contribution in [3.63, 3.8) is 0 Å². The topological polar surface area (TPSA) is 62.1 Å². The van der Waals surface area contributed by atoms with Gasteiger partial charge < -0.3 is 10.1 Å². The molecule has 4 nitrogen and oxygen atoms in total. The van der Waals surface area contributed by atoms with Crippen LogP contribution in [0, 0.1) is 17.1 Å². The van der Waals surface area contributed by atoms with Gasteiger partial charge in [-0.15, -0.1) is 0 Å². The normalized spacial score (nSPS) is 10.6. The van der Waals surface area contributed by atoms with Gasteiger partial charge >= 0.3 is 6.09 Å². The Bertz CT molecular complexity index is 588. The highest BCUT2D eigenvalue weighted by Gasteiger charge is 2.07. The third-order valence-electron chi connectivity index (χ3n) is 2.79. The number of halogens is 1. The van der Waals surface area contributed by atoms with E-state index in [9.17, 15) is 9.18 Å². The van der Waals surface area contributed by atoms with Crippen molar-refractivity contribution in [2.75, 3.05) is 6.61 Å². The molecule has 0 bridgehead atoms. The van der Waals surface area contributed by atoms with Gasteiger partial charge in [-0.25, -0.2) is 9.18 Å². The summed E-state index contributed by atoms with van der Waals surface area (Å²) in [5, 5.41) is 11.2. The van der Waals surface area contributed by atoms with Crippen LogP contribution >= 0.6 is 0 Å². The maximum Gasteiger partial charge on any atom is 0.407 e. The number of nitriles is 1. The molecule has 0 heterocycles. The molecule has 0 aliphatic rings. The fourth-order valence-corrected chi connectivity index (χ4v) is 1.59. The monoisotopic (exact) mass is 288 g/mol. The molecule has 0 aliphatic heterocycles. The number of carbonyl (C=O) groups excluding carboxylic acids is 1. The van der Waals surface area contributed by atoms with Crippen LogP contribution in [0.4, 0.5) is 9.18 Å². The van der Waals surface area contributed by atoms with Crippen LogP contribution in [-0.4, -0.2) is 12.7 Å². The Balaban J connectivity index is 2.52. The number of allylic oxidation sites excluding steroid dienone is 2. The summed E-state index contributed by atoms with van der Waals surface area (Å²) in [6.07, 6.45) is 3.52. The molecule has 5 heteroatoms. The van der Waals surface area contributed by atoms with Crippen molar-refractivity contribution >= 4 is 6.09 Å². The number of nitrogens with zero attached hydrogens (tertiary/aromatic N) is 1. The molecule has 0 saturated carbocycles. The Labute approximate surface area is 123 Å². The number of rotatable bonds is 6. The van der Waals surface area contributed by atoms with Crippen LogP contribution < -0.4 is 5.32 Å². The second-order valence-electron chi connectivity index (χ2n) is 4.26. The number of alkyl carbamates (subject to hydrolysis) is 1. The second-order valence-corrected chi connectivity index (χ2v) is 4.26. The second kappa shape index (κ2) is 8.54. The Kier molecular flexibility index (Phi) is 6.69. The zero-order chi connectivity index (χ0) is 15.7. The molecule has 0 unspecified atom stereocenters. The van der Waals surface area contributed by atoms with Gasteiger partial charge in [-0.3, -0.25) is 0 Å². The first kappa shape index (κ1) is 16.4. The van der Waals surface area contributed by atoms with E-state index in [2.05, 4.69) is 11.9 Å². The van der Waals surface area contributed by atoms with Gasteiger partial charge in [0.15, 0.2) is 0 Å². The maximum atomic E-state index is 13.5. The van der Waals surface area contributed by atoms with Crippen molar-refractivity contribution in [1.82, 2.24) is 5.32 Å². The van der Waals surface area contributed by atoms with Gasteiger partial charge in [0.05, 0.1) is 11.6 Å². The molecule has 1 aromatic rings. The van der Waals surface area contributed by atoms with Crippen molar-refractivity contribution in [1.29, 1.82) is 5.26 Å². The van der Waals surface area contributed by atoms with Gasteiger partial charge in [-0.05, 0) is 30.2 Å². The molecule has 21 heavy (non-hydrogen) atoms. The molecular formula is C16H17FN2O2. The number of ether oxygens (including phenoxy) is 1. The standard InChI is InChI=1S/C16H17FN2O2/c1-3-5-12(4-2)11-21-16(20)19-10-14-8-13(9-18)6-7-15(14)17/h3,5-8H,1,4,10-11H2,2H3,(H,19,20)/b12-5+. The molecule has 0 aliphatic carbocycles. The zero-order valence-corrected chi connectivity index (χ0v) is 11.9. The first-order valence-electron chi connectivity index (χ1n) is 6.50. The fraction of sp³-hybridized carbons (Fsp3) is 0.250. The molecule has 0 atom stereocenters. The van der Waals surface area contributed by atoms with Crippen LogP contribution in [0.5, 0.6) is 0 Å². The van der Waals surface area contributed by atoms with Crippen LogP contribution in [0.1, 0.15) is 24.5 Å². The van der Waals surface area contributed by atoms with Crippen molar-refractivity contribution in [2.24, 2.45) is 0 Å². The average Bonchev–Trinajstić information content (AvgIpc) is 2.50. The van der Waals surface area contributed by atoms with E-state index in [0.29, 0.717) is 5.56 Å². The molecule has 1 amide bonds. The lowest BCUT2D eigenvalue weighted by molar-refractivity contribution is 0.154. The number of hydrogen-bond acceptors (Lipinski definition) is 3. The number of amides is 1. The first-order chi connectivity index (χ1) is 10.1. The van der Waals surface area contributed by atoms with Crippen LogP contribution in [0.25, 0.3) is 0 Å². The van der Waals surface area contributed by atoms with E-state index in [1.165, 1.54) is 18.2 Å². The Morgan fingerprint density at radius 2 is 2.33 bits per heavy atom. The van der Waals surface area contributed by atoms with E-state index in [4.69, 9.17) is 10.00 Å². The van der Waals surface area contributed by atoms with E-state index in [1.54, 1.807) is 12.2 Å². The molecule has 0 spiro atoms. The lowest BCUT2D eigenvalue weighted by Gasteiger charge is -2.09. The van der Waals surface area contributed by atoms with Gasteiger partial charge in [0.25, 0.3) is 0 Å². The summed E-state index contributed by atoms with van der Waals surface area (Å²) in [4.78, 5) is 11.5. The molecular weight excluding hydrogens is 271 g/mol. The molecule has 1 rings (SSSR count). The fourth-order valence-electron chi connectivity index (χ4n) is 1.59. The molecule has 1 N–H and O–H groups in total. The van der Waals surface area contributed by atoms with Gasteiger partial charge in [0.2, 0.25) is 0 Å². The lowest BCUT2D eigenvalue weighted by atomic mass is 10.1. The van der Waals surface area contributed by atoms with Crippen molar-refractivity contribution < 1.29 is 13.9 Å². The van der Waals surface area contributed by atoms with E-state index >= 15 is 0 Å². The predicted molar refractivity (Wildman–Crippen MR) is 77.9 cm³/mol. The summed E-state index contributed by atoms with van der Waals surface area (Å²) in [5.41, 5.74) is 1.50. The molecule has 0 fully saturated rings. The Morgan fingerprint density at radius 1 is 1.57 bits per heavy atom. The van der Waals surface area contributed by atoms with E-state index < -0.39 is 11.9 Å². The summed E-state index contributed by atoms with van der Waals surface area (Å²) in [5.74, 6) is -0.477.